The van der Waals surface area contributed by atoms with Crippen molar-refractivity contribution in [2.45, 2.75) is 27.7 Å². The molecule has 2 rings (SSSR count). The second-order valence-electron chi connectivity index (χ2n) is 4.77. The van der Waals surface area contributed by atoms with Gasteiger partial charge in [-0.25, -0.2) is 4.79 Å². The van der Waals surface area contributed by atoms with Crippen LogP contribution >= 0.6 is 0 Å². The number of esters is 1. The Labute approximate surface area is 119 Å². The van der Waals surface area contributed by atoms with E-state index in [4.69, 9.17) is 4.74 Å². The summed E-state index contributed by atoms with van der Waals surface area (Å²) in [5.74, 6) is -0.335. The van der Waals surface area contributed by atoms with Gasteiger partial charge in [-0.2, -0.15) is 0 Å². The molecule has 106 valence electrons. The Morgan fingerprint density at radius 1 is 1.30 bits per heavy atom. The van der Waals surface area contributed by atoms with Crippen LogP contribution in [0, 0.1) is 13.8 Å². The van der Waals surface area contributed by atoms with E-state index in [2.05, 4.69) is 16.4 Å². The van der Waals surface area contributed by atoms with Crippen molar-refractivity contribution in [3.63, 3.8) is 0 Å². The zero-order valence-electron chi connectivity index (χ0n) is 12.4. The van der Waals surface area contributed by atoms with Crippen LogP contribution in [0.25, 0.3) is 10.9 Å². The molecule has 0 radical (unpaired) electrons. The number of hydrogen-bond donors (Lipinski definition) is 1. The highest BCUT2D eigenvalue weighted by molar-refractivity contribution is 6.06. The number of benzene rings is 1. The summed E-state index contributed by atoms with van der Waals surface area (Å²) in [6.07, 6.45) is 1.59. The first kappa shape index (κ1) is 14.3. The molecule has 0 aliphatic rings. The predicted molar refractivity (Wildman–Crippen MR) is 81.3 cm³/mol. The lowest BCUT2D eigenvalue weighted by Crippen LogP contribution is -2.11. The number of fused-ring (bicyclic) bond motifs is 1. The Balaban J connectivity index is 2.71. The van der Waals surface area contributed by atoms with E-state index in [1.54, 1.807) is 13.1 Å². The molecule has 4 nitrogen and oxygen atoms in total. The van der Waals surface area contributed by atoms with Crippen LogP contribution < -0.4 is 5.32 Å². The van der Waals surface area contributed by atoms with Crippen molar-refractivity contribution in [3.05, 3.63) is 35.0 Å². The van der Waals surface area contributed by atoms with E-state index < -0.39 is 0 Å². The first-order valence-electron chi connectivity index (χ1n) is 6.89. The molecule has 1 heterocycles. The third-order valence-corrected chi connectivity index (χ3v) is 3.16. The highest BCUT2D eigenvalue weighted by Gasteiger charge is 2.17. The van der Waals surface area contributed by atoms with E-state index in [9.17, 15) is 4.79 Å². The van der Waals surface area contributed by atoms with Gasteiger partial charge in [-0.05, 0) is 44.9 Å². The predicted octanol–water partition coefficient (Wildman–Crippen LogP) is 3.46. The number of rotatable bonds is 4. The van der Waals surface area contributed by atoms with Crippen molar-refractivity contribution in [1.29, 1.82) is 0 Å². The molecule has 0 amide bonds. The Kier molecular flexibility index (Phi) is 4.23. The molecule has 0 saturated heterocycles. The quantitative estimate of drug-likeness (QED) is 0.866. The maximum atomic E-state index is 12.1. The molecule has 1 aromatic heterocycles. The number of anilines is 1. The first-order chi connectivity index (χ1) is 9.58. The van der Waals surface area contributed by atoms with Crippen molar-refractivity contribution < 1.29 is 9.53 Å². The smallest absolute Gasteiger partial charge is 0.341 e. The van der Waals surface area contributed by atoms with E-state index >= 15 is 0 Å². The van der Waals surface area contributed by atoms with Crippen LogP contribution in [-0.2, 0) is 4.74 Å². The monoisotopic (exact) mass is 272 g/mol. The van der Waals surface area contributed by atoms with Crippen LogP contribution in [0.2, 0.25) is 0 Å². The van der Waals surface area contributed by atoms with Crippen LogP contribution in [-0.4, -0.2) is 24.1 Å². The summed E-state index contributed by atoms with van der Waals surface area (Å²) in [4.78, 5) is 16.5. The SMILES string of the molecule is CCNc1c(C(=O)OCC)cnc2cc(C)cc(C)c12. The highest BCUT2D eigenvalue weighted by Crippen LogP contribution is 2.30. The second-order valence-corrected chi connectivity index (χ2v) is 4.77. The summed E-state index contributed by atoms with van der Waals surface area (Å²) in [6, 6.07) is 4.12. The second kappa shape index (κ2) is 5.90. The molecule has 20 heavy (non-hydrogen) atoms. The largest absolute Gasteiger partial charge is 0.462 e. The van der Waals surface area contributed by atoms with Crippen LogP contribution in [0.5, 0.6) is 0 Å². The molecule has 0 aliphatic heterocycles. The van der Waals surface area contributed by atoms with Gasteiger partial charge in [-0.15, -0.1) is 0 Å². The minimum absolute atomic E-state index is 0.335. The van der Waals surface area contributed by atoms with E-state index in [0.29, 0.717) is 12.2 Å². The molecule has 2 aromatic rings. The molecule has 0 spiro atoms. The summed E-state index contributed by atoms with van der Waals surface area (Å²) in [5, 5.41) is 4.27. The van der Waals surface area contributed by atoms with Crippen molar-refractivity contribution in [1.82, 2.24) is 4.98 Å². The van der Waals surface area contributed by atoms with Crippen molar-refractivity contribution in [2.75, 3.05) is 18.5 Å². The highest BCUT2D eigenvalue weighted by atomic mass is 16.5. The Morgan fingerprint density at radius 2 is 2.05 bits per heavy atom. The zero-order valence-corrected chi connectivity index (χ0v) is 12.4. The number of carbonyl (C=O) groups is 1. The van der Waals surface area contributed by atoms with Crippen LogP contribution in [0.4, 0.5) is 5.69 Å². The third kappa shape index (κ3) is 2.59. The Bertz CT molecular complexity index is 650. The number of ether oxygens (including phenoxy) is 1. The first-order valence-corrected chi connectivity index (χ1v) is 6.89. The Morgan fingerprint density at radius 3 is 2.70 bits per heavy atom. The molecule has 0 bridgehead atoms. The molecule has 0 fully saturated rings. The van der Waals surface area contributed by atoms with Gasteiger partial charge >= 0.3 is 5.97 Å². The number of aromatic nitrogens is 1. The molecular weight excluding hydrogens is 252 g/mol. The minimum atomic E-state index is -0.335. The van der Waals surface area contributed by atoms with Gasteiger partial charge in [0.1, 0.15) is 5.56 Å². The van der Waals surface area contributed by atoms with Gasteiger partial charge in [0.05, 0.1) is 17.8 Å². The lowest BCUT2D eigenvalue weighted by atomic mass is 10.0. The summed E-state index contributed by atoms with van der Waals surface area (Å²) in [6.45, 7) is 8.97. The fourth-order valence-electron chi connectivity index (χ4n) is 2.43. The van der Waals surface area contributed by atoms with E-state index in [0.717, 1.165) is 34.3 Å². The number of pyridine rings is 1. The number of aryl methyl sites for hydroxylation is 2. The Hall–Kier alpha value is -2.10. The number of carbonyl (C=O) groups excluding carboxylic acids is 1. The molecule has 1 N–H and O–H groups in total. The van der Waals surface area contributed by atoms with Gasteiger partial charge in [0.25, 0.3) is 0 Å². The fourth-order valence-corrected chi connectivity index (χ4v) is 2.43. The van der Waals surface area contributed by atoms with Gasteiger partial charge in [0, 0.05) is 18.1 Å². The van der Waals surface area contributed by atoms with Crippen LogP contribution in [0.15, 0.2) is 18.3 Å². The lowest BCUT2D eigenvalue weighted by molar-refractivity contribution is 0.0527. The van der Waals surface area contributed by atoms with Gasteiger partial charge in [-0.1, -0.05) is 6.07 Å². The standard InChI is InChI=1S/C16H20N2O2/c1-5-17-15-12(16(19)20-6-2)9-18-13-8-10(3)7-11(4)14(13)15/h7-9H,5-6H2,1-4H3,(H,17,18). The number of nitrogens with zero attached hydrogens (tertiary/aromatic N) is 1. The van der Waals surface area contributed by atoms with Gasteiger partial charge in [0.15, 0.2) is 0 Å². The number of hydrogen-bond acceptors (Lipinski definition) is 4. The molecule has 0 atom stereocenters. The summed E-state index contributed by atoms with van der Waals surface area (Å²) in [7, 11) is 0. The third-order valence-electron chi connectivity index (χ3n) is 3.16. The van der Waals surface area contributed by atoms with E-state index in [-0.39, 0.29) is 5.97 Å². The molecule has 4 heteroatoms. The van der Waals surface area contributed by atoms with Crippen LogP contribution in [0.1, 0.15) is 35.3 Å². The molecule has 0 aliphatic carbocycles. The maximum Gasteiger partial charge on any atom is 0.341 e. The van der Waals surface area contributed by atoms with Gasteiger partial charge in [0.2, 0.25) is 0 Å². The zero-order chi connectivity index (χ0) is 14.7. The fraction of sp³-hybridized carbons (Fsp3) is 0.375. The normalized spacial score (nSPS) is 10.6. The molecule has 0 saturated carbocycles. The maximum absolute atomic E-state index is 12.1. The summed E-state index contributed by atoms with van der Waals surface area (Å²) in [5.41, 5.74) is 4.47. The van der Waals surface area contributed by atoms with Crippen molar-refractivity contribution >= 4 is 22.6 Å². The lowest BCUT2D eigenvalue weighted by Gasteiger charge is -2.15. The number of nitrogens with one attached hydrogen (secondary N) is 1. The van der Waals surface area contributed by atoms with Crippen LogP contribution in [0.3, 0.4) is 0 Å². The summed E-state index contributed by atoms with van der Waals surface area (Å²) >= 11 is 0. The molecular formula is C16H20N2O2. The van der Waals surface area contributed by atoms with E-state index in [1.807, 2.05) is 26.8 Å². The molecule has 0 unspecified atom stereocenters. The van der Waals surface area contributed by atoms with Crippen molar-refractivity contribution in [2.24, 2.45) is 0 Å². The van der Waals surface area contributed by atoms with Gasteiger partial charge in [-0.3, -0.25) is 4.98 Å². The topological polar surface area (TPSA) is 51.2 Å². The van der Waals surface area contributed by atoms with Gasteiger partial charge < -0.3 is 10.1 Å². The van der Waals surface area contributed by atoms with E-state index in [1.165, 1.54) is 0 Å². The average molecular weight is 272 g/mol. The van der Waals surface area contributed by atoms with Crippen molar-refractivity contribution in [3.8, 4) is 0 Å². The molecule has 1 aromatic carbocycles. The average Bonchev–Trinajstić information content (AvgIpc) is 2.38. The minimum Gasteiger partial charge on any atom is -0.462 e. The summed E-state index contributed by atoms with van der Waals surface area (Å²) < 4.78 is 5.11.